The highest BCUT2D eigenvalue weighted by Crippen LogP contribution is 2.13. The first-order chi connectivity index (χ1) is 5.75. The number of fused-ring (bicyclic) bond motifs is 1. The smallest absolute Gasteiger partial charge is 0.115 e. The first-order valence-corrected chi connectivity index (χ1v) is 4.64. The van der Waals surface area contributed by atoms with Crippen molar-refractivity contribution < 1.29 is 0 Å². The van der Waals surface area contributed by atoms with Crippen molar-refractivity contribution in [1.82, 2.24) is 4.98 Å². The molecule has 0 aliphatic rings. The Kier molecular flexibility index (Phi) is 2.04. The van der Waals surface area contributed by atoms with Crippen LogP contribution < -0.4 is 5.46 Å². The van der Waals surface area contributed by atoms with E-state index in [2.05, 4.69) is 27.6 Å². The maximum Gasteiger partial charge on any atom is 0.115 e. The van der Waals surface area contributed by atoms with E-state index < -0.39 is 0 Å². The second-order valence-corrected chi connectivity index (χ2v) is 3.85. The van der Waals surface area contributed by atoms with Crippen LogP contribution in [-0.2, 0) is 0 Å². The molecular weight excluding hydrogens is 260 g/mol. The quantitative estimate of drug-likeness (QED) is 0.521. The van der Waals surface area contributed by atoms with E-state index in [0.29, 0.717) is 5.46 Å². The Hall–Kier alpha value is -0.575. The highest BCUT2D eigenvalue weighted by atomic mass is 127. The molecule has 12 heavy (non-hydrogen) atoms. The lowest BCUT2D eigenvalue weighted by atomic mass is 9.97. The van der Waals surface area contributed by atoms with E-state index in [4.69, 9.17) is 7.85 Å². The number of aromatic nitrogens is 1. The summed E-state index contributed by atoms with van der Waals surface area (Å²) in [5, 5.41) is 1.09. The molecule has 0 spiro atoms. The van der Waals surface area contributed by atoms with Crippen molar-refractivity contribution in [3.63, 3.8) is 0 Å². The van der Waals surface area contributed by atoms with Crippen LogP contribution in [-0.4, -0.2) is 12.8 Å². The minimum atomic E-state index is 0.712. The van der Waals surface area contributed by atoms with Gasteiger partial charge in [-0.2, -0.15) is 0 Å². The topological polar surface area (TPSA) is 12.9 Å². The largest absolute Gasteiger partial charge is 0.257 e. The molecule has 0 aliphatic heterocycles. The number of benzene rings is 1. The number of nitrogens with zero attached hydrogens (tertiary/aromatic N) is 1. The summed E-state index contributed by atoms with van der Waals surface area (Å²) >= 11 is 2.27. The molecule has 1 nitrogen and oxygen atoms in total. The summed E-state index contributed by atoms with van der Waals surface area (Å²) in [5.74, 6) is 0. The molecule has 1 aromatic carbocycles. The molecule has 0 amide bonds. The lowest BCUT2D eigenvalue weighted by Gasteiger charge is -1.98. The van der Waals surface area contributed by atoms with Crippen molar-refractivity contribution in [2.75, 3.05) is 0 Å². The number of hydrogen-bond donors (Lipinski definition) is 0. The third kappa shape index (κ3) is 1.46. The summed E-state index contributed by atoms with van der Waals surface area (Å²) in [7, 11) is 5.60. The van der Waals surface area contributed by atoms with Gasteiger partial charge in [0.2, 0.25) is 0 Å². The number of halogens is 1. The first-order valence-electron chi connectivity index (χ1n) is 3.56. The Bertz CT molecular complexity index is 387. The fraction of sp³-hybridized carbons (Fsp3) is 0. The van der Waals surface area contributed by atoms with Crippen LogP contribution >= 0.6 is 22.6 Å². The van der Waals surface area contributed by atoms with Gasteiger partial charge in [0.1, 0.15) is 7.85 Å². The summed E-state index contributed by atoms with van der Waals surface area (Å²) in [5.41, 5.74) is 1.71. The van der Waals surface area contributed by atoms with E-state index in [0.717, 1.165) is 10.9 Å². The molecule has 1 aromatic heterocycles. The van der Waals surface area contributed by atoms with E-state index in [1.165, 1.54) is 3.57 Å². The third-order valence-corrected chi connectivity index (χ3v) is 2.34. The predicted molar refractivity (Wildman–Crippen MR) is 59.8 cm³/mol. The van der Waals surface area contributed by atoms with Crippen LogP contribution in [0, 0.1) is 3.57 Å². The molecule has 0 bridgehead atoms. The summed E-state index contributed by atoms with van der Waals surface area (Å²) in [6.07, 6.45) is 1.68. The molecule has 2 aromatic rings. The maximum atomic E-state index is 5.60. The first kappa shape index (κ1) is 8.04. The molecule has 0 unspecified atom stereocenters. The van der Waals surface area contributed by atoms with E-state index in [9.17, 15) is 0 Å². The molecule has 3 heteroatoms. The second-order valence-electron chi connectivity index (χ2n) is 2.61. The van der Waals surface area contributed by atoms with Crippen LogP contribution in [0.25, 0.3) is 10.9 Å². The van der Waals surface area contributed by atoms with Crippen molar-refractivity contribution in [3.8, 4) is 0 Å². The van der Waals surface area contributed by atoms with Gasteiger partial charge in [-0.3, -0.25) is 4.98 Å². The van der Waals surface area contributed by atoms with Crippen LogP contribution in [0.5, 0.6) is 0 Å². The summed E-state index contributed by atoms with van der Waals surface area (Å²) in [6.45, 7) is 0. The van der Waals surface area contributed by atoms with Crippen molar-refractivity contribution in [2.45, 2.75) is 0 Å². The Morgan fingerprint density at radius 1 is 1.25 bits per heavy atom. The van der Waals surface area contributed by atoms with Gasteiger partial charge >= 0.3 is 0 Å². The highest BCUT2D eigenvalue weighted by molar-refractivity contribution is 14.1. The van der Waals surface area contributed by atoms with Gasteiger partial charge in [-0.05, 0) is 40.1 Å². The zero-order chi connectivity index (χ0) is 8.55. The Balaban J connectivity index is 2.79. The van der Waals surface area contributed by atoms with E-state index >= 15 is 0 Å². The van der Waals surface area contributed by atoms with Crippen LogP contribution in [0.2, 0.25) is 0 Å². The molecule has 0 fully saturated rings. The predicted octanol–water partition coefficient (Wildman–Crippen LogP) is 1.63. The summed E-state index contributed by atoms with van der Waals surface area (Å²) in [6, 6.07) is 8.04. The molecule has 0 N–H and O–H groups in total. The number of rotatable bonds is 0. The van der Waals surface area contributed by atoms with Crippen LogP contribution in [0.1, 0.15) is 0 Å². The average molecular weight is 265 g/mol. The van der Waals surface area contributed by atoms with Gasteiger partial charge in [-0.15, -0.1) is 0 Å². The van der Waals surface area contributed by atoms with E-state index in [-0.39, 0.29) is 0 Å². The number of pyridine rings is 1. The second kappa shape index (κ2) is 3.05. The van der Waals surface area contributed by atoms with E-state index in [1.807, 2.05) is 24.3 Å². The van der Waals surface area contributed by atoms with Crippen LogP contribution in [0.3, 0.4) is 0 Å². The summed E-state index contributed by atoms with van der Waals surface area (Å²) < 4.78 is 1.19. The fourth-order valence-electron chi connectivity index (χ4n) is 1.11. The molecule has 2 rings (SSSR count). The highest BCUT2D eigenvalue weighted by Gasteiger charge is 1.94. The van der Waals surface area contributed by atoms with Gasteiger partial charge in [0.15, 0.2) is 0 Å². The fourth-order valence-corrected chi connectivity index (χ4v) is 1.59. The van der Waals surface area contributed by atoms with E-state index in [1.54, 1.807) is 6.20 Å². The van der Waals surface area contributed by atoms with Gasteiger partial charge < -0.3 is 0 Å². The zero-order valence-corrected chi connectivity index (χ0v) is 8.45. The van der Waals surface area contributed by atoms with Crippen molar-refractivity contribution in [1.29, 1.82) is 0 Å². The van der Waals surface area contributed by atoms with Crippen LogP contribution in [0.15, 0.2) is 30.5 Å². The van der Waals surface area contributed by atoms with Gasteiger partial charge in [-0.1, -0.05) is 17.6 Å². The average Bonchev–Trinajstić information content (AvgIpc) is 2.05. The van der Waals surface area contributed by atoms with Gasteiger partial charge in [0, 0.05) is 9.77 Å². The van der Waals surface area contributed by atoms with Crippen molar-refractivity contribution in [2.24, 2.45) is 0 Å². The zero-order valence-electron chi connectivity index (χ0n) is 6.29. The monoisotopic (exact) mass is 265 g/mol. The standard InChI is InChI=1S/C9H5BIN/c10-7-3-6-1-2-8(11)4-9(6)12-5-7/h1-5H. The minimum Gasteiger partial charge on any atom is -0.257 e. The molecule has 2 radical (unpaired) electrons. The van der Waals surface area contributed by atoms with Gasteiger partial charge in [-0.25, -0.2) is 0 Å². The lowest BCUT2D eigenvalue weighted by molar-refractivity contribution is 1.43. The molecule has 0 saturated carbocycles. The molecule has 0 atom stereocenters. The van der Waals surface area contributed by atoms with Gasteiger partial charge in [0.05, 0.1) is 5.52 Å². The minimum absolute atomic E-state index is 0.712. The molecule has 0 aliphatic carbocycles. The lowest BCUT2D eigenvalue weighted by Crippen LogP contribution is -2.01. The Morgan fingerprint density at radius 3 is 2.92 bits per heavy atom. The molecule has 1 heterocycles. The van der Waals surface area contributed by atoms with Crippen molar-refractivity contribution >= 4 is 46.8 Å². The Morgan fingerprint density at radius 2 is 2.08 bits per heavy atom. The molecular formula is C9H5BIN. The SMILES string of the molecule is [B]c1cnc2cc(I)ccc2c1. The molecule has 0 saturated heterocycles. The van der Waals surface area contributed by atoms with Crippen LogP contribution in [0.4, 0.5) is 0 Å². The number of hydrogen-bond acceptors (Lipinski definition) is 1. The normalized spacial score (nSPS) is 10.4. The Labute approximate surface area is 85.7 Å². The third-order valence-electron chi connectivity index (χ3n) is 1.67. The maximum absolute atomic E-state index is 5.60. The van der Waals surface area contributed by atoms with Crippen molar-refractivity contribution in [3.05, 3.63) is 34.0 Å². The van der Waals surface area contributed by atoms with Gasteiger partial charge in [0.25, 0.3) is 0 Å². The molecule has 56 valence electrons. The summed E-state index contributed by atoms with van der Waals surface area (Å²) in [4.78, 5) is 4.21.